The molecule has 0 aliphatic carbocycles. The molecule has 2 heterocycles. The number of benzene rings is 1. The summed E-state index contributed by atoms with van der Waals surface area (Å²) in [7, 11) is 0. The number of rotatable bonds is 2. The first-order valence-electron chi connectivity index (χ1n) is 6.18. The van der Waals surface area contributed by atoms with Crippen molar-refractivity contribution in [2.24, 2.45) is 0 Å². The summed E-state index contributed by atoms with van der Waals surface area (Å²) >= 11 is 1.24. The number of ether oxygens (including phenoxy) is 3. The van der Waals surface area contributed by atoms with Crippen LogP contribution in [0.3, 0.4) is 0 Å². The average molecular weight is 289 g/mol. The molecule has 0 N–H and O–H groups in total. The van der Waals surface area contributed by atoms with Gasteiger partial charge in [-0.05, 0) is 24.4 Å². The molecule has 20 heavy (non-hydrogen) atoms. The average Bonchev–Trinajstić information content (AvgIpc) is 2.88. The third-order valence-corrected chi connectivity index (χ3v) is 4.05. The lowest BCUT2D eigenvalue weighted by Gasteiger charge is -2.19. The van der Waals surface area contributed by atoms with Crippen molar-refractivity contribution in [3.05, 3.63) is 22.6 Å². The van der Waals surface area contributed by atoms with Gasteiger partial charge in [-0.15, -0.1) is 11.3 Å². The Bertz CT molecular complexity index is 729. The molecule has 1 aromatic carbocycles. The topological polar surface area (TPSA) is 68.6 Å². The van der Waals surface area contributed by atoms with Gasteiger partial charge >= 0.3 is 5.97 Å². The third kappa shape index (κ3) is 1.96. The molecule has 2 aromatic rings. The van der Waals surface area contributed by atoms with Gasteiger partial charge < -0.3 is 14.2 Å². The van der Waals surface area contributed by atoms with E-state index >= 15 is 0 Å². The fourth-order valence-corrected chi connectivity index (χ4v) is 3.12. The van der Waals surface area contributed by atoms with Crippen LogP contribution < -0.4 is 9.47 Å². The van der Waals surface area contributed by atoms with Crippen LogP contribution >= 0.6 is 11.3 Å². The van der Waals surface area contributed by atoms with Gasteiger partial charge in [-0.2, -0.15) is 5.26 Å². The van der Waals surface area contributed by atoms with Gasteiger partial charge in [-0.1, -0.05) is 0 Å². The molecule has 0 atom stereocenters. The molecule has 3 rings (SSSR count). The van der Waals surface area contributed by atoms with E-state index in [2.05, 4.69) is 6.07 Å². The standard InChI is InChI=1S/C14H11NO4S/c1-2-17-14(16)11-6-8-5-10-12(19-4-3-18-10)9(7-15)13(8)20-11/h5-6H,2-4H2,1H3. The number of fused-ring (bicyclic) bond motifs is 2. The summed E-state index contributed by atoms with van der Waals surface area (Å²) in [6.45, 7) is 2.95. The Kier molecular flexibility index (Phi) is 3.20. The van der Waals surface area contributed by atoms with Gasteiger partial charge in [0.25, 0.3) is 0 Å². The van der Waals surface area contributed by atoms with Crippen molar-refractivity contribution in [2.75, 3.05) is 19.8 Å². The van der Waals surface area contributed by atoms with E-state index in [9.17, 15) is 10.1 Å². The van der Waals surface area contributed by atoms with Gasteiger partial charge in [-0.3, -0.25) is 0 Å². The van der Waals surface area contributed by atoms with Gasteiger partial charge in [0.1, 0.15) is 29.7 Å². The molecule has 1 aromatic heterocycles. The number of esters is 1. The monoisotopic (exact) mass is 289 g/mol. The van der Waals surface area contributed by atoms with Gasteiger partial charge in [-0.25, -0.2) is 4.79 Å². The number of hydrogen-bond acceptors (Lipinski definition) is 6. The van der Waals surface area contributed by atoms with Crippen molar-refractivity contribution >= 4 is 27.4 Å². The maximum absolute atomic E-state index is 11.8. The fraction of sp³-hybridized carbons (Fsp3) is 0.286. The summed E-state index contributed by atoms with van der Waals surface area (Å²) in [5.41, 5.74) is 0.415. The fourth-order valence-electron chi connectivity index (χ4n) is 2.09. The summed E-state index contributed by atoms with van der Waals surface area (Å²) in [5, 5.41) is 10.1. The number of thiophene rings is 1. The minimum atomic E-state index is -0.377. The van der Waals surface area contributed by atoms with Gasteiger partial charge in [0, 0.05) is 0 Å². The van der Waals surface area contributed by atoms with Crippen LogP contribution in [0.25, 0.3) is 10.1 Å². The maximum atomic E-state index is 11.8. The van der Waals surface area contributed by atoms with E-state index in [0.29, 0.717) is 41.8 Å². The Hall–Kier alpha value is -2.26. The molecule has 0 fully saturated rings. The first-order valence-corrected chi connectivity index (χ1v) is 6.99. The smallest absolute Gasteiger partial charge is 0.348 e. The van der Waals surface area contributed by atoms with Crippen LogP contribution in [0.4, 0.5) is 0 Å². The van der Waals surface area contributed by atoms with Crippen LogP contribution in [0.1, 0.15) is 22.2 Å². The molecule has 0 unspecified atom stereocenters. The molecule has 0 saturated heterocycles. The van der Waals surface area contributed by atoms with Crippen LogP contribution in [-0.2, 0) is 4.74 Å². The number of carbonyl (C=O) groups is 1. The highest BCUT2D eigenvalue weighted by Crippen LogP contribution is 2.42. The molecule has 1 aliphatic rings. The van der Waals surface area contributed by atoms with Crippen LogP contribution in [0.5, 0.6) is 11.5 Å². The molecule has 0 spiro atoms. The van der Waals surface area contributed by atoms with Crippen molar-refractivity contribution < 1.29 is 19.0 Å². The van der Waals surface area contributed by atoms with Crippen molar-refractivity contribution in [3.63, 3.8) is 0 Å². The summed E-state index contributed by atoms with van der Waals surface area (Å²) in [6.07, 6.45) is 0. The molecular formula is C14H11NO4S. The van der Waals surface area contributed by atoms with Crippen LogP contribution in [0.2, 0.25) is 0 Å². The van der Waals surface area contributed by atoms with E-state index < -0.39 is 0 Å². The summed E-state index contributed by atoms with van der Waals surface area (Å²) in [5.74, 6) is 0.634. The van der Waals surface area contributed by atoms with Crippen molar-refractivity contribution in [3.8, 4) is 17.6 Å². The highest BCUT2D eigenvalue weighted by Gasteiger charge is 2.22. The Labute approximate surface area is 119 Å². The lowest BCUT2D eigenvalue weighted by molar-refractivity contribution is 0.0532. The molecule has 0 amide bonds. The highest BCUT2D eigenvalue weighted by molar-refractivity contribution is 7.21. The van der Waals surface area contributed by atoms with E-state index in [-0.39, 0.29) is 5.97 Å². The molecular weight excluding hydrogens is 278 g/mol. The Morgan fingerprint density at radius 3 is 3.00 bits per heavy atom. The van der Waals surface area contributed by atoms with Crippen molar-refractivity contribution in [1.82, 2.24) is 0 Å². The molecule has 1 aliphatic heterocycles. The van der Waals surface area contributed by atoms with Crippen molar-refractivity contribution in [1.29, 1.82) is 5.26 Å². The maximum Gasteiger partial charge on any atom is 0.348 e. The number of carbonyl (C=O) groups excluding carboxylic acids is 1. The first-order chi connectivity index (χ1) is 9.74. The largest absolute Gasteiger partial charge is 0.486 e. The Morgan fingerprint density at radius 1 is 1.45 bits per heavy atom. The third-order valence-electron chi connectivity index (χ3n) is 2.90. The quantitative estimate of drug-likeness (QED) is 0.795. The second kappa shape index (κ2) is 5.02. The van der Waals surface area contributed by atoms with Gasteiger partial charge in [0.2, 0.25) is 0 Å². The zero-order valence-electron chi connectivity index (χ0n) is 10.8. The summed E-state index contributed by atoms with van der Waals surface area (Å²) < 4.78 is 16.7. The van der Waals surface area contributed by atoms with E-state index in [1.807, 2.05) is 0 Å². The van der Waals surface area contributed by atoms with E-state index in [1.54, 1.807) is 19.1 Å². The second-order valence-corrected chi connectivity index (χ2v) is 5.19. The second-order valence-electron chi connectivity index (χ2n) is 4.14. The number of nitriles is 1. The predicted octanol–water partition coefficient (Wildman–Crippen LogP) is 2.72. The predicted molar refractivity (Wildman–Crippen MR) is 73.5 cm³/mol. The summed E-state index contributed by atoms with van der Waals surface area (Å²) in [6, 6.07) is 5.65. The Balaban J connectivity index is 2.18. The molecule has 102 valence electrons. The van der Waals surface area contributed by atoms with E-state index in [4.69, 9.17) is 14.2 Å². The van der Waals surface area contributed by atoms with Crippen LogP contribution in [-0.4, -0.2) is 25.8 Å². The lowest BCUT2D eigenvalue weighted by Crippen LogP contribution is -2.16. The number of nitrogens with zero attached hydrogens (tertiary/aromatic N) is 1. The first kappa shape index (κ1) is 12.8. The van der Waals surface area contributed by atoms with E-state index in [1.165, 1.54) is 11.3 Å². The lowest BCUT2D eigenvalue weighted by atomic mass is 10.1. The molecule has 0 radical (unpaired) electrons. The van der Waals surface area contributed by atoms with Gasteiger partial charge in [0.15, 0.2) is 11.5 Å². The SMILES string of the molecule is CCOC(=O)c1cc2cc3c(c(C#N)c2s1)OCCO3. The van der Waals surface area contributed by atoms with Crippen molar-refractivity contribution in [2.45, 2.75) is 6.92 Å². The normalized spacial score (nSPS) is 13.0. The minimum Gasteiger partial charge on any atom is -0.486 e. The van der Waals surface area contributed by atoms with E-state index in [0.717, 1.165) is 10.1 Å². The Morgan fingerprint density at radius 2 is 2.25 bits per heavy atom. The number of hydrogen-bond donors (Lipinski definition) is 0. The van der Waals surface area contributed by atoms with Gasteiger partial charge in [0.05, 0.1) is 11.3 Å². The minimum absolute atomic E-state index is 0.320. The zero-order valence-corrected chi connectivity index (χ0v) is 11.6. The molecule has 5 nitrogen and oxygen atoms in total. The zero-order chi connectivity index (χ0) is 14.1. The van der Waals surface area contributed by atoms with Crippen LogP contribution in [0, 0.1) is 11.3 Å². The molecule has 0 saturated carbocycles. The molecule has 6 heteroatoms. The van der Waals surface area contributed by atoms with Crippen LogP contribution in [0.15, 0.2) is 12.1 Å². The highest BCUT2D eigenvalue weighted by atomic mass is 32.1. The summed E-state index contributed by atoms with van der Waals surface area (Å²) in [4.78, 5) is 12.3. The molecule has 0 bridgehead atoms.